The first kappa shape index (κ1) is 16.4. The predicted molar refractivity (Wildman–Crippen MR) is 87.0 cm³/mol. The highest BCUT2D eigenvalue weighted by Crippen LogP contribution is 2.35. The Morgan fingerprint density at radius 1 is 1.17 bits per heavy atom. The number of aliphatic hydroxyl groups is 1. The molecule has 2 fully saturated rings. The van der Waals surface area contributed by atoms with Crippen molar-refractivity contribution in [3.63, 3.8) is 0 Å². The summed E-state index contributed by atoms with van der Waals surface area (Å²) >= 11 is 6.30. The Hall–Kier alpha value is -1.43. The van der Waals surface area contributed by atoms with Gasteiger partial charge in [-0.1, -0.05) is 29.8 Å². The van der Waals surface area contributed by atoms with Crippen LogP contribution in [0.15, 0.2) is 24.3 Å². The molecule has 1 aromatic carbocycles. The van der Waals surface area contributed by atoms with Gasteiger partial charge in [0.05, 0.1) is 12.6 Å². The van der Waals surface area contributed by atoms with E-state index in [-0.39, 0.29) is 37.2 Å². The van der Waals surface area contributed by atoms with Crippen LogP contribution in [0.5, 0.6) is 0 Å². The number of β-amino-alcohol motifs (C(OH)–C–C–N with tert-alkyl or cyclic N) is 1. The summed E-state index contributed by atoms with van der Waals surface area (Å²) in [5.74, 6) is -0.365. The highest BCUT2D eigenvalue weighted by atomic mass is 35.5. The number of hydrogen-bond donors (Lipinski definition) is 1. The average molecular weight is 337 g/mol. The minimum Gasteiger partial charge on any atom is -0.390 e. The first-order valence-corrected chi connectivity index (χ1v) is 8.44. The number of rotatable bonds is 5. The molecule has 0 spiro atoms. The summed E-state index contributed by atoms with van der Waals surface area (Å²) in [6.45, 7) is 1.41. The molecule has 2 aliphatic heterocycles. The molecule has 0 aromatic heterocycles. The molecule has 0 aliphatic carbocycles. The number of halogens is 1. The van der Waals surface area contributed by atoms with Crippen molar-refractivity contribution in [2.24, 2.45) is 0 Å². The van der Waals surface area contributed by atoms with E-state index in [0.29, 0.717) is 6.54 Å². The van der Waals surface area contributed by atoms with Crippen molar-refractivity contribution in [3.05, 3.63) is 34.9 Å². The molecule has 2 heterocycles. The number of hydrogen-bond acceptors (Lipinski definition) is 4. The Kier molecular flexibility index (Phi) is 4.99. The SMILES string of the molecule is O=C1CCC(=O)N1C[C@H](O)CN1CCC[C@H]1c1ccccc1Cl. The van der Waals surface area contributed by atoms with Crippen LogP contribution >= 0.6 is 11.6 Å². The number of aliphatic hydroxyl groups excluding tert-OH is 1. The molecule has 5 nitrogen and oxygen atoms in total. The molecule has 1 N–H and O–H groups in total. The maximum atomic E-state index is 11.7. The average Bonchev–Trinajstić information content (AvgIpc) is 3.09. The normalized spacial score (nSPS) is 23.7. The minimum absolute atomic E-state index is 0.0867. The molecule has 3 rings (SSSR count). The van der Waals surface area contributed by atoms with Gasteiger partial charge in [0.2, 0.25) is 11.8 Å². The molecule has 124 valence electrons. The minimum atomic E-state index is -0.732. The number of amides is 2. The molecule has 2 amide bonds. The van der Waals surface area contributed by atoms with Gasteiger partial charge < -0.3 is 5.11 Å². The van der Waals surface area contributed by atoms with E-state index in [4.69, 9.17) is 11.6 Å². The second-order valence-corrected chi connectivity index (χ2v) is 6.63. The topological polar surface area (TPSA) is 60.9 Å². The molecule has 0 unspecified atom stereocenters. The lowest BCUT2D eigenvalue weighted by Gasteiger charge is -2.29. The van der Waals surface area contributed by atoms with Gasteiger partial charge in [-0.3, -0.25) is 19.4 Å². The van der Waals surface area contributed by atoms with Gasteiger partial charge in [0, 0.05) is 30.5 Å². The Morgan fingerprint density at radius 3 is 2.57 bits per heavy atom. The first-order valence-electron chi connectivity index (χ1n) is 8.06. The van der Waals surface area contributed by atoms with Crippen LogP contribution < -0.4 is 0 Å². The van der Waals surface area contributed by atoms with E-state index in [1.165, 1.54) is 4.90 Å². The van der Waals surface area contributed by atoms with E-state index in [0.717, 1.165) is 30.0 Å². The molecular formula is C17H21ClN2O3. The quantitative estimate of drug-likeness (QED) is 0.835. The van der Waals surface area contributed by atoms with Gasteiger partial charge in [0.15, 0.2) is 0 Å². The lowest BCUT2D eigenvalue weighted by Crippen LogP contribution is -2.42. The van der Waals surface area contributed by atoms with Gasteiger partial charge in [0.1, 0.15) is 0 Å². The van der Waals surface area contributed by atoms with Crippen LogP contribution in [0.2, 0.25) is 5.02 Å². The Morgan fingerprint density at radius 2 is 1.87 bits per heavy atom. The Bertz CT molecular complexity index is 591. The van der Waals surface area contributed by atoms with E-state index in [2.05, 4.69) is 4.90 Å². The van der Waals surface area contributed by atoms with E-state index in [1.807, 2.05) is 24.3 Å². The van der Waals surface area contributed by atoms with Crippen LogP contribution in [-0.4, -0.2) is 52.5 Å². The van der Waals surface area contributed by atoms with Gasteiger partial charge in [0.25, 0.3) is 0 Å². The first-order chi connectivity index (χ1) is 11.1. The van der Waals surface area contributed by atoms with Crippen molar-refractivity contribution < 1.29 is 14.7 Å². The molecule has 6 heteroatoms. The van der Waals surface area contributed by atoms with Crippen molar-refractivity contribution in [3.8, 4) is 0 Å². The van der Waals surface area contributed by atoms with Gasteiger partial charge in [-0.05, 0) is 31.0 Å². The maximum Gasteiger partial charge on any atom is 0.229 e. The van der Waals surface area contributed by atoms with E-state index >= 15 is 0 Å². The van der Waals surface area contributed by atoms with Gasteiger partial charge >= 0.3 is 0 Å². The van der Waals surface area contributed by atoms with Crippen LogP contribution in [0.1, 0.15) is 37.3 Å². The van der Waals surface area contributed by atoms with Crippen molar-refractivity contribution in [1.29, 1.82) is 0 Å². The zero-order valence-electron chi connectivity index (χ0n) is 12.9. The predicted octanol–water partition coefficient (Wildman–Crippen LogP) is 1.99. The van der Waals surface area contributed by atoms with E-state index < -0.39 is 6.10 Å². The maximum absolute atomic E-state index is 11.7. The molecule has 23 heavy (non-hydrogen) atoms. The van der Waals surface area contributed by atoms with Crippen molar-refractivity contribution in [2.45, 2.75) is 37.8 Å². The summed E-state index contributed by atoms with van der Waals surface area (Å²) < 4.78 is 0. The zero-order chi connectivity index (χ0) is 16.4. The van der Waals surface area contributed by atoms with Gasteiger partial charge in [-0.25, -0.2) is 0 Å². The number of carbonyl (C=O) groups is 2. The lowest BCUT2D eigenvalue weighted by atomic mass is 10.0. The third kappa shape index (κ3) is 3.57. The summed E-state index contributed by atoms with van der Waals surface area (Å²) in [5, 5.41) is 11.1. The van der Waals surface area contributed by atoms with Crippen LogP contribution in [-0.2, 0) is 9.59 Å². The fraction of sp³-hybridized carbons (Fsp3) is 0.529. The van der Waals surface area contributed by atoms with Crippen LogP contribution in [0, 0.1) is 0 Å². The molecule has 0 radical (unpaired) electrons. The smallest absolute Gasteiger partial charge is 0.229 e. The van der Waals surface area contributed by atoms with E-state index in [9.17, 15) is 14.7 Å². The number of benzene rings is 1. The van der Waals surface area contributed by atoms with Crippen molar-refractivity contribution in [1.82, 2.24) is 9.80 Å². The van der Waals surface area contributed by atoms with Crippen molar-refractivity contribution >= 4 is 23.4 Å². The lowest BCUT2D eigenvalue weighted by molar-refractivity contribution is -0.140. The van der Waals surface area contributed by atoms with Gasteiger partial charge in [-0.15, -0.1) is 0 Å². The molecule has 2 saturated heterocycles. The number of likely N-dealkylation sites (tertiary alicyclic amines) is 2. The van der Waals surface area contributed by atoms with E-state index in [1.54, 1.807) is 0 Å². The number of imide groups is 1. The summed E-state index contributed by atoms with van der Waals surface area (Å²) in [7, 11) is 0. The second kappa shape index (κ2) is 6.99. The standard InChI is InChI=1S/C17H21ClN2O3/c18-14-5-2-1-4-13(14)15-6-3-9-19(15)10-12(21)11-20-16(22)7-8-17(20)23/h1-2,4-5,12,15,21H,3,6-11H2/t12-,15+/m1/s1. The van der Waals surface area contributed by atoms with Crippen molar-refractivity contribution in [2.75, 3.05) is 19.6 Å². The number of nitrogens with zero attached hydrogens (tertiary/aromatic N) is 2. The highest BCUT2D eigenvalue weighted by molar-refractivity contribution is 6.31. The fourth-order valence-electron chi connectivity index (χ4n) is 3.51. The van der Waals surface area contributed by atoms with Crippen LogP contribution in [0.25, 0.3) is 0 Å². The fourth-order valence-corrected chi connectivity index (χ4v) is 3.77. The molecule has 1 aromatic rings. The Labute approximate surface area is 140 Å². The van der Waals surface area contributed by atoms with Gasteiger partial charge in [-0.2, -0.15) is 0 Å². The van der Waals surface area contributed by atoms with Crippen LogP contribution in [0.3, 0.4) is 0 Å². The zero-order valence-corrected chi connectivity index (χ0v) is 13.7. The third-order valence-corrected chi connectivity index (χ3v) is 4.97. The molecule has 0 bridgehead atoms. The number of carbonyl (C=O) groups excluding carboxylic acids is 2. The second-order valence-electron chi connectivity index (χ2n) is 6.23. The highest BCUT2D eigenvalue weighted by Gasteiger charge is 2.33. The molecule has 2 aliphatic rings. The molecular weight excluding hydrogens is 316 g/mol. The summed E-state index contributed by atoms with van der Waals surface area (Å²) in [6, 6.07) is 7.96. The summed E-state index contributed by atoms with van der Waals surface area (Å²) in [5.41, 5.74) is 1.08. The molecule has 0 saturated carbocycles. The van der Waals surface area contributed by atoms with Crippen LogP contribution in [0.4, 0.5) is 0 Å². The Balaban J connectivity index is 1.63. The summed E-state index contributed by atoms with van der Waals surface area (Å²) in [4.78, 5) is 26.7. The largest absolute Gasteiger partial charge is 0.390 e. The molecule has 2 atom stereocenters. The third-order valence-electron chi connectivity index (χ3n) is 4.62. The monoisotopic (exact) mass is 336 g/mol. The summed E-state index contributed by atoms with van der Waals surface area (Å²) in [6.07, 6.45) is 1.83.